The summed E-state index contributed by atoms with van der Waals surface area (Å²) in [5.74, 6) is 0.520. The zero-order valence-corrected chi connectivity index (χ0v) is 7.35. The molecule has 1 aromatic rings. The molecular formula is C8H13N3O2. The van der Waals surface area contributed by atoms with Crippen LogP contribution in [0, 0.1) is 0 Å². The van der Waals surface area contributed by atoms with Gasteiger partial charge in [0.1, 0.15) is 12.5 Å². The van der Waals surface area contributed by atoms with E-state index in [-0.39, 0.29) is 6.10 Å². The Balaban J connectivity index is 1.78. The Kier molecular flexibility index (Phi) is 2.47. The highest BCUT2D eigenvalue weighted by atomic mass is 16.5. The summed E-state index contributed by atoms with van der Waals surface area (Å²) in [7, 11) is 0. The van der Waals surface area contributed by atoms with Gasteiger partial charge in [-0.25, -0.2) is 4.68 Å². The summed E-state index contributed by atoms with van der Waals surface area (Å²) in [5, 5.41) is 4.00. The molecule has 1 unspecified atom stereocenters. The molecule has 5 nitrogen and oxygen atoms in total. The zero-order valence-electron chi connectivity index (χ0n) is 7.35. The van der Waals surface area contributed by atoms with Crippen LogP contribution in [-0.2, 0) is 16.2 Å². The number of nitrogens with zero attached hydrogens (tertiary/aromatic N) is 2. The SMILES string of the molecule is Nc1ccn(COC2CCOC2)n1. The summed E-state index contributed by atoms with van der Waals surface area (Å²) in [6.07, 6.45) is 2.98. The summed E-state index contributed by atoms with van der Waals surface area (Å²) in [4.78, 5) is 0. The molecule has 0 aromatic carbocycles. The van der Waals surface area contributed by atoms with Gasteiger partial charge in [-0.1, -0.05) is 0 Å². The maximum Gasteiger partial charge on any atom is 0.145 e. The quantitative estimate of drug-likeness (QED) is 0.728. The number of nitrogen functional groups attached to an aromatic ring is 1. The van der Waals surface area contributed by atoms with Crippen molar-refractivity contribution < 1.29 is 9.47 Å². The summed E-state index contributed by atoms with van der Waals surface area (Å²) in [6.45, 7) is 1.94. The highest BCUT2D eigenvalue weighted by Crippen LogP contribution is 2.08. The van der Waals surface area contributed by atoms with Crippen LogP contribution < -0.4 is 5.73 Å². The van der Waals surface area contributed by atoms with Crippen molar-refractivity contribution >= 4 is 5.82 Å². The van der Waals surface area contributed by atoms with Crippen molar-refractivity contribution in [1.29, 1.82) is 0 Å². The second-order valence-corrected chi connectivity index (χ2v) is 3.06. The second kappa shape index (κ2) is 3.76. The number of aromatic nitrogens is 2. The molecular weight excluding hydrogens is 170 g/mol. The van der Waals surface area contributed by atoms with E-state index in [4.69, 9.17) is 15.2 Å². The van der Waals surface area contributed by atoms with Crippen molar-refractivity contribution in [2.24, 2.45) is 0 Å². The summed E-state index contributed by atoms with van der Waals surface area (Å²) in [5.41, 5.74) is 5.45. The average Bonchev–Trinajstić information content (AvgIpc) is 2.71. The molecule has 0 bridgehead atoms. The van der Waals surface area contributed by atoms with Gasteiger partial charge in [0.15, 0.2) is 0 Å². The van der Waals surface area contributed by atoms with Gasteiger partial charge in [0.05, 0.1) is 12.7 Å². The van der Waals surface area contributed by atoms with Crippen LogP contribution in [-0.4, -0.2) is 29.1 Å². The first-order valence-corrected chi connectivity index (χ1v) is 4.33. The molecule has 0 spiro atoms. The smallest absolute Gasteiger partial charge is 0.145 e. The molecule has 5 heteroatoms. The Morgan fingerprint density at radius 2 is 2.69 bits per heavy atom. The fourth-order valence-corrected chi connectivity index (χ4v) is 1.28. The van der Waals surface area contributed by atoms with Crippen LogP contribution >= 0.6 is 0 Å². The minimum Gasteiger partial charge on any atom is -0.382 e. The molecule has 0 aliphatic carbocycles. The maximum atomic E-state index is 5.52. The van der Waals surface area contributed by atoms with Gasteiger partial charge in [-0.3, -0.25) is 0 Å². The Bertz CT molecular complexity index is 268. The van der Waals surface area contributed by atoms with Gasteiger partial charge in [0, 0.05) is 18.9 Å². The summed E-state index contributed by atoms with van der Waals surface area (Å²) >= 11 is 0. The lowest BCUT2D eigenvalue weighted by Crippen LogP contribution is -2.15. The Morgan fingerprint density at radius 1 is 1.77 bits per heavy atom. The topological polar surface area (TPSA) is 62.3 Å². The Hall–Kier alpha value is -1.07. The number of nitrogens with two attached hydrogens (primary N) is 1. The van der Waals surface area contributed by atoms with Crippen LogP contribution in [0.5, 0.6) is 0 Å². The number of ether oxygens (including phenoxy) is 2. The van der Waals surface area contributed by atoms with E-state index in [0.29, 0.717) is 19.2 Å². The van der Waals surface area contributed by atoms with E-state index in [9.17, 15) is 0 Å². The predicted octanol–water partition coefficient (Wildman–Crippen LogP) is 0.228. The highest BCUT2D eigenvalue weighted by molar-refractivity contribution is 5.23. The molecule has 1 saturated heterocycles. The van der Waals surface area contributed by atoms with Gasteiger partial charge in [0.25, 0.3) is 0 Å². The highest BCUT2D eigenvalue weighted by Gasteiger charge is 2.15. The van der Waals surface area contributed by atoms with Crippen molar-refractivity contribution in [2.75, 3.05) is 18.9 Å². The molecule has 1 aliphatic heterocycles. The van der Waals surface area contributed by atoms with Crippen molar-refractivity contribution in [3.05, 3.63) is 12.3 Å². The molecule has 13 heavy (non-hydrogen) atoms. The summed E-state index contributed by atoms with van der Waals surface area (Å²) in [6, 6.07) is 1.74. The number of hydrogen-bond donors (Lipinski definition) is 1. The third-order valence-electron chi connectivity index (χ3n) is 1.99. The molecule has 2 heterocycles. The van der Waals surface area contributed by atoms with Gasteiger partial charge in [-0.15, -0.1) is 0 Å². The average molecular weight is 183 g/mol. The summed E-state index contributed by atoms with van der Waals surface area (Å²) < 4.78 is 12.4. The first-order valence-electron chi connectivity index (χ1n) is 4.33. The molecule has 1 fully saturated rings. The molecule has 1 aromatic heterocycles. The minimum absolute atomic E-state index is 0.213. The van der Waals surface area contributed by atoms with Crippen molar-refractivity contribution in [1.82, 2.24) is 9.78 Å². The Morgan fingerprint density at radius 3 is 3.31 bits per heavy atom. The standard InChI is InChI=1S/C8H13N3O2/c9-8-1-3-11(10-8)6-13-7-2-4-12-5-7/h1,3,7H,2,4-6H2,(H2,9,10). The lowest BCUT2D eigenvalue weighted by Gasteiger charge is -2.08. The van der Waals surface area contributed by atoms with Crippen molar-refractivity contribution in [3.8, 4) is 0 Å². The van der Waals surface area contributed by atoms with Crippen LogP contribution in [0.1, 0.15) is 6.42 Å². The lowest BCUT2D eigenvalue weighted by molar-refractivity contribution is -0.00326. The third-order valence-corrected chi connectivity index (χ3v) is 1.99. The van der Waals surface area contributed by atoms with Gasteiger partial charge >= 0.3 is 0 Å². The zero-order chi connectivity index (χ0) is 9.10. The van der Waals surface area contributed by atoms with Crippen LogP contribution in [0.15, 0.2) is 12.3 Å². The first-order chi connectivity index (χ1) is 6.34. The van der Waals surface area contributed by atoms with Gasteiger partial charge in [-0.05, 0) is 6.42 Å². The predicted molar refractivity (Wildman–Crippen MR) is 46.9 cm³/mol. The molecule has 1 aliphatic rings. The van der Waals surface area contributed by atoms with Crippen molar-refractivity contribution in [3.63, 3.8) is 0 Å². The lowest BCUT2D eigenvalue weighted by atomic mass is 10.3. The van der Waals surface area contributed by atoms with Crippen LogP contribution in [0.25, 0.3) is 0 Å². The molecule has 0 radical (unpaired) electrons. The van der Waals surface area contributed by atoms with E-state index in [1.165, 1.54) is 0 Å². The Labute approximate surface area is 76.4 Å². The molecule has 0 saturated carbocycles. The van der Waals surface area contributed by atoms with Crippen molar-refractivity contribution in [2.45, 2.75) is 19.3 Å². The van der Waals surface area contributed by atoms with E-state index in [0.717, 1.165) is 13.0 Å². The minimum atomic E-state index is 0.213. The number of hydrogen-bond acceptors (Lipinski definition) is 4. The van der Waals surface area contributed by atoms with Crippen LogP contribution in [0.4, 0.5) is 5.82 Å². The van der Waals surface area contributed by atoms with E-state index < -0.39 is 0 Å². The second-order valence-electron chi connectivity index (χ2n) is 3.06. The van der Waals surface area contributed by atoms with Gasteiger partial charge in [0.2, 0.25) is 0 Å². The molecule has 2 N–H and O–H groups in total. The van der Waals surface area contributed by atoms with E-state index in [1.807, 2.05) is 0 Å². The van der Waals surface area contributed by atoms with Gasteiger partial charge in [-0.2, -0.15) is 5.10 Å². The fraction of sp³-hybridized carbons (Fsp3) is 0.625. The third kappa shape index (κ3) is 2.19. The molecule has 1 atom stereocenters. The van der Waals surface area contributed by atoms with E-state index in [2.05, 4.69) is 5.10 Å². The molecule has 0 amide bonds. The van der Waals surface area contributed by atoms with Crippen LogP contribution in [0.2, 0.25) is 0 Å². The van der Waals surface area contributed by atoms with Crippen LogP contribution in [0.3, 0.4) is 0 Å². The maximum absolute atomic E-state index is 5.52. The monoisotopic (exact) mass is 183 g/mol. The largest absolute Gasteiger partial charge is 0.382 e. The molecule has 2 rings (SSSR count). The number of rotatable bonds is 3. The fourth-order valence-electron chi connectivity index (χ4n) is 1.28. The first kappa shape index (κ1) is 8.52. The normalized spacial score (nSPS) is 22.3. The van der Waals surface area contributed by atoms with Gasteiger partial charge < -0.3 is 15.2 Å². The molecule has 72 valence electrons. The van der Waals surface area contributed by atoms with E-state index >= 15 is 0 Å². The van der Waals surface area contributed by atoms with E-state index in [1.54, 1.807) is 16.9 Å². The number of anilines is 1.